The Hall–Kier alpha value is -0.860. The van der Waals surface area contributed by atoms with Crippen LogP contribution >= 0.6 is 0 Å². The summed E-state index contributed by atoms with van der Waals surface area (Å²) in [6.07, 6.45) is 2.41. The molecule has 0 amide bonds. The molecule has 1 aliphatic rings. The lowest BCUT2D eigenvalue weighted by atomic mass is 9.90. The van der Waals surface area contributed by atoms with Crippen molar-refractivity contribution in [2.75, 3.05) is 26.2 Å². The fourth-order valence-corrected chi connectivity index (χ4v) is 2.77. The van der Waals surface area contributed by atoms with E-state index in [0.29, 0.717) is 0 Å². The molecule has 0 aromatic heterocycles. The standard InChI is InChI=1S/C16H26N2/c1-4-5-14-6-8-15(9-7-14)16(2,3)18-12-10-17-11-13-18/h6-9,17H,4-5,10-13H2,1-3H3. The number of nitrogens with zero attached hydrogens (tertiary/aromatic N) is 1. The van der Waals surface area contributed by atoms with E-state index in [1.54, 1.807) is 0 Å². The quantitative estimate of drug-likeness (QED) is 0.879. The maximum atomic E-state index is 3.42. The molecular weight excluding hydrogens is 220 g/mol. The first-order chi connectivity index (χ1) is 8.64. The minimum atomic E-state index is 0.146. The molecule has 1 fully saturated rings. The molecule has 1 aromatic rings. The summed E-state index contributed by atoms with van der Waals surface area (Å²) in [5.74, 6) is 0. The summed E-state index contributed by atoms with van der Waals surface area (Å²) < 4.78 is 0. The van der Waals surface area contributed by atoms with Gasteiger partial charge in [0.2, 0.25) is 0 Å². The summed E-state index contributed by atoms with van der Waals surface area (Å²) in [6, 6.07) is 9.21. The first kappa shape index (κ1) is 13.6. The van der Waals surface area contributed by atoms with Gasteiger partial charge in [-0.3, -0.25) is 4.90 Å². The average molecular weight is 246 g/mol. The monoisotopic (exact) mass is 246 g/mol. The highest BCUT2D eigenvalue weighted by Gasteiger charge is 2.29. The summed E-state index contributed by atoms with van der Waals surface area (Å²) >= 11 is 0. The van der Waals surface area contributed by atoms with Crippen LogP contribution in [0.4, 0.5) is 0 Å². The molecule has 1 heterocycles. The van der Waals surface area contributed by atoms with Crippen LogP contribution in [-0.4, -0.2) is 31.1 Å². The smallest absolute Gasteiger partial charge is 0.0405 e. The molecule has 1 saturated heterocycles. The van der Waals surface area contributed by atoms with Crippen LogP contribution in [0.2, 0.25) is 0 Å². The summed E-state index contributed by atoms with van der Waals surface area (Å²) in [5.41, 5.74) is 3.04. The second-order valence-electron chi connectivity index (χ2n) is 5.74. The van der Waals surface area contributed by atoms with Crippen LogP contribution in [0.3, 0.4) is 0 Å². The highest BCUT2D eigenvalue weighted by atomic mass is 15.2. The van der Waals surface area contributed by atoms with E-state index in [1.807, 2.05) is 0 Å². The molecule has 0 saturated carbocycles. The Morgan fingerprint density at radius 3 is 2.28 bits per heavy atom. The van der Waals surface area contributed by atoms with E-state index < -0.39 is 0 Å². The molecule has 0 radical (unpaired) electrons. The van der Waals surface area contributed by atoms with Crippen molar-refractivity contribution in [3.63, 3.8) is 0 Å². The summed E-state index contributed by atoms with van der Waals surface area (Å²) in [7, 11) is 0. The molecule has 2 rings (SSSR count). The maximum Gasteiger partial charge on any atom is 0.0405 e. The van der Waals surface area contributed by atoms with Crippen LogP contribution < -0.4 is 5.32 Å². The van der Waals surface area contributed by atoms with Gasteiger partial charge in [0.25, 0.3) is 0 Å². The molecule has 100 valence electrons. The van der Waals surface area contributed by atoms with Crippen molar-refractivity contribution in [2.45, 2.75) is 39.2 Å². The van der Waals surface area contributed by atoms with Crippen molar-refractivity contribution in [2.24, 2.45) is 0 Å². The molecule has 0 unspecified atom stereocenters. The Balaban J connectivity index is 2.12. The fraction of sp³-hybridized carbons (Fsp3) is 0.625. The molecule has 2 heteroatoms. The van der Waals surface area contributed by atoms with Crippen LogP contribution in [0.5, 0.6) is 0 Å². The Morgan fingerprint density at radius 2 is 1.72 bits per heavy atom. The second-order valence-corrected chi connectivity index (χ2v) is 5.74. The number of rotatable bonds is 4. The topological polar surface area (TPSA) is 15.3 Å². The average Bonchev–Trinajstić information content (AvgIpc) is 2.41. The minimum Gasteiger partial charge on any atom is -0.314 e. The lowest BCUT2D eigenvalue weighted by Crippen LogP contribution is -2.51. The van der Waals surface area contributed by atoms with Crippen molar-refractivity contribution >= 4 is 0 Å². The van der Waals surface area contributed by atoms with Gasteiger partial charge >= 0.3 is 0 Å². The summed E-state index contributed by atoms with van der Waals surface area (Å²) in [5, 5.41) is 3.42. The Labute approximate surface area is 111 Å². The fourth-order valence-electron chi connectivity index (χ4n) is 2.77. The molecule has 1 aliphatic heterocycles. The van der Waals surface area contributed by atoms with Crippen LogP contribution in [-0.2, 0) is 12.0 Å². The molecule has 18 heavy (non-hydrogen) atoms. The maximum absolute atomic E-state index is 3.42. The van der Waals surface area contributed by atoms with Crippen LogP contribution in [0.1, 0.15) is 38.3 Å². The lowest BCUT2D eigenvalue weighted by molar-refractivity contribution is 0.102. The number of aryl methyl sites for hydroxylation is 1. The molecule has 0 bridgehead atoms. The van der Waals surface area contributed by atoms with Crippen molar-refractivity contribution in [3.8, 4) is 0 Å². The highest BCUT2D eigenvalue weighted by molar-refractivity contribution is 5.28. The molecular formula is C16H26N2. The molecule has 0 atom stereocenters. The van der Waals surface area contributed by atoms with Gasteiger partial charge < -0.3 is 5.32 Å². The van der Waals surface area contributed by atoms with E-state index >= 15 is 0 Å². The highest BCUT2D eigenvalue weighted by Crippen LogP contribution is 2.28. The van der Waals surface area contributed by atoms with Gasteiger partial charge in [0, 0.05) is 31.7 Å². The SMILES string of the molecule is CCCc1ccc(C(C)(C)N2CCNCC2)cc1. The Morgan fingerprint density at radius 1 is 1.11 bits per heavy atom. The van der Waals surface area contributed by atoms with E-state index in [-0.39, 0.29) is 5.54 Å². The zero-order valence-corrected chi connectivity index (χ0v) is 12.0. The Kier molecular flexibility index (Phi) is 4.41. The third-order valence-electron chi connectivity index (χ3n) is 4.11. The van der Waals surface area contributed by atoms with Crippen molar-refractivity contribution in [1.82, 2.24) is 10.2 Å². The summed E-state index contributed by atoms with van der Waals surface area (Å²) in [4.78, 5) is 2.58. The van der Waals surface area contributed by atoms with Gasteiger partial charge in [-0.25, -0.2) is 0 Å². The third-order valence-corrected chi connectivity index (χ3v) is 4.11. The van der Waals surface area contributed by atoms with E-state index in [1.165, 1.54) is 24.0 Å². The number of hydrogen-bond acceptors (Lipinski definition) is 2. The normalized spacial score (nSPS) is 17.9. The predicted molar refractivity (Wildman–Crippen MR) is 77.9 cm³/mol. The minimum absolute atomic E-state index is 0.146. The summed E-state index contributed by atoms with van der Waals surface area (Å²) in [6.45, 7) is 11.4. The van der Waals surface area contributed by atoms with Gasteiger partial charge in [-0.1, -0.05) is 37.6 Å². The molecule has 2 nitrogen and oxygen atoms in total. The molecule has 0 spiro atoms. The Bertz CT molecular complexity index is 361. The van der Waals surface area contributed by atoms with Crippen LogP contribution in [0.25, 0.3) is 0 Å². The van der Waals surface area contributed by atoms with Gasteiger partial charge in [0.1, 0.15) is 0 Å². The predicted octanol–water partition coefficient (Wildman–Crippen LogP) is 2.78. The van der Waals surface area contributed by atoms with Gasteiger partial charge in [0.15, 0.2) is 0 Å². The lowest BCUT2D eigenvalue weighted by Gasteiger charge is -2.41. The third kappa shape index (κ3) is 2.93. The van der Waals surface area contributed by atoms with Gasteiger partial charge in [-0.2, -0.15) is 0 Å². The van der Waals surface area contributed by atoms with E-state index in [0.717, 1.165) is 26.2 Å². The zero-order valence-electron chi connectivity index (χ0n) is 12.0. The number of piperazine rings is 1. The molecule has 0 aliphatic carbocycles. The van der Waals surface area contributed by atoms with E-state index in [9.17, 15) is 0 Å². The van der Waals surface area contributed by atoms with Crippen molar-refractivity contribution < 1.29 is 0 Å². The van der Waals surface area contributed by atoms with Gasteiger partial charge in [-0.05, 0) is 31.4 Å². The van der Waals surface area contributed by atoms with E-state index in [2.05, 4.69) is 55.3 Å². The molecule has 1 N–H and O–H groups in total. The van der Waals surface area contributed by atoms with Crippen LogP contribution in [0, 0.1) is 0 Å². The van der Waals surface area contributed by atoms with Crippen molar-refractivity contribution in [3.05, 3.63) is 35.4 Å². The molecule has 1 aromatic carbocycles. The number of nitrogens with one attached hydrogen (secondary N) is 1. The largest absolute Gasteiger partial charge is 0.314 e. The first-order valence-electron chi connectivity index (χ1n) is 7.20. The van der Waals surface area contributed by atoms with Gasteiger partial charge in [0.05, 0.1) is 0 Å². The zero-order chi connectivity index (χ0) is 13.0. The first-order valence-corrected chi connectivity index (χ1v) is 7.20. The van der Waals surface area contributed by atoms with Gasteiger partial charge in [-0.15, -0.1) is 0 Å². The number of benzene rings is 1. The van der Waals surface area contributed by atoms with Crippen LogP contribution in [0.15, 0.2) is 24.3 Å². The van der Waals surface area contributed by atoms with E-state index in [4.69, 9.17) is 0 Å². The second kappa shape index (κ2) is 5.85. The van der Waals surface area contributed by atoms with Crippen molar-refractivity contribution in [1.29, 1.82) is 0 Å². The number of hydrogen-bond donors (Lipinski definition) is 1.